The number of hydrogen-bond acceptors (Lipinski definition) is 4. The Morgan fingerprint density at radius 3 is 2.57 bits per heavy atom. The molecular weight excluding hydrogens is 274 g/mol. The summed E-state index contributed by atoms with van der Waals surface area (Å²) in [7, 11) is 0. The number of carboxylic acids is 1. The second kappa shape index (κ2) is 5.37. The molecule has 114 valence electrons. The Labute approximate surface area is 122 Å². The van der Waals surface area contributed by atoms with Crippen molar-refractivity contribution in [1.82, 2.24) is 0 Å². The second-order valence-electron chi connectivity index (χ2n) is 6.01. The fourth-order valence-electron chi connectivity index (χ4n) is 2.24. The summed E-state index contributed by atoms with van der Waals surface area (Å²) in [6.45, 7) is 5.88. The number of aliphatic hydroxyl groups excluding tert-OH is 1. The Morgan fingerprint density at radius 1 is 1.33 bits per heavy atom. The Balaban J connectivity index is 2.22. The highest BCUT2D eigenvalue weighted by Crippen LogP contribution is 2.31. The topological polar surface area (TPSA) is 87.1 Å². The normalized spacial score (nSPS) is 15.5. The van der Waals surface area contributed by atoms with Crippen LogP contribution in [0, 0.1) is 0 Å². The lowest BCUT2D eigenvalue weighted by Gasteiger charge is -2.24. The molecule has 1 unspecified atom stereocenters. The Morgan fingerprint density at radius 2 is 2.00 bits per heavy atom. The number of anilines is 1. The predicted octanol–water partition coefficient (Wildman–Crippen LogP) is 2.10. The fourth-order valence-corrected chi connectivity index (χ4v) is 2.24. The maximum atomic E-state index is 12.1. The first-order chi connectivity index (χ1) is 9.69. The summed E-state index contributed by atoms with van der Waals surface area (Å²) in [4.78, 5) is 24.4. The lowest BCUT2D eigenvalue weighted by Crippen LogP contribution is -2.35. The maximum Gasteiger partial charge on any atom is 0.414 e. The molecule has 0 spiro atoms. The second-order valence-corrected chi connectivity index (χ2v) is 6.01. The number of carboxylic acid groups (broad SMARTS) is 1. The number of carbonyl (C=O) groups is 2. The zero-order valence-electron chi connectivity index (χ0n) is 12.3. The monoisotopic (exact) mass is 293 g/mol. The van der Waals surface area contributed by atoms with Crippen LogP contribution in [-0.4, -0.2) is 34.4 Å². The van der Waals surface area contributed by atoms with Gasteiger partial charge in [-0.15, -0.1) is 0 Å². The smallest absolute Gasteiger partial charge is 0.414 e. The number of aliphatic carboxylic acids is 1. The van der Waals surface area contributed by atoms with E-state index in [0.717, 1.165) is 5.56 Å². The van der Waals surface area contributed by atoms with E-state index in [-0.39, 0.29) is 0 Å². The molecule has 2 rings (SSSR count). The number of fused-ring (bicyclic) bond motifs is 1. The summed E-state index contributed by atoms with van der Waals surface area (Å²) in [5.74, 6) is -1.29. The number of aliphatic hydroxyl groups is 1. The Bertz CT molecular complexity index is 576. The van der Waals surface area contributed by atoms with E-state index in [0.29, 0.717) is 24.2 Å². The molecule has 1 heterocycles. The van der Waals surface area contributed by atoms with Crippen molar-refractivity contribution in [3.05, 3.63) is 29.3 Å². The number of carbonyl (C=O) groups excluding carboxylic acids is 1. The number of hydrogen-bond donors (Lipinski definition) is 2. The summed E-state index contributed by atoms with van der Waals surface area (Å²) in [6.07, 6.45) is -1.37. The van der Waals surface area contributed by atoms with Gasteiger partial charge in [0, 0.05) is 6.54 Å². The standard InChI is InChI=1S/C15H19NO5/c1-15(2,3)21-14(20)16-7-6-9-8-10(4-5-11(9)16)12(17)13(18)19/h4-5,8,12,17H,6-7H2,1-3H3,(H,18,19). The lowest BCUT2D eigenvalue weighted by atomic mass is 10.0. The van der Waals surface area contributed by atoms with Gasteiger partial charge in [0.25, 0.3) is 0 Å². The van der Waals surface area contributed by atoms with Gasteiger partial charge in [-0.3, -0.25) is 4.90 Å². The molecule has 1 aromatic carbocycles. The predicted molar refractivity (Wildman–Crippen MR) is 76.3 cm³/mol. The average molecular weight is 293 g/mol. The summed E-state index contributed by atoms with van der Waals surface area (Å²) < 4.78 is 5.34. The minimum absolute atomic E-state index is 0.312. The summed E-state index contributed by atoms with van der Waals surface area (Å²) in [5, 5.41) is 18.4. The summed E-state index contributed by atoms with van der Waals surface area (Å²) in [6, 6.07) is 4.78. The Kier molecular flexibility index (Phi) is 3.91. The Hall–Kier alpha value is -2.08. The third-order valence-electron chi connectivity index (χ3n) is 3.16. The zero-order chi connectivity index (χ0) is 15.8. The van der Waals surface area contributed by atoms with Gasteiger partial charge in [0.05, 0.1) is 5.69 Å². The van der Waals surface area contributed by atoms with Crippen LogP contribution in [0.5, 0.6) is 0 Å². The van der Waals surface area contributed by atoms with Crippen molar-refractivity contribution in [2.45, 2.75) is 38.9 Å². The third-order valence-corrected chi connectivity index (χ3v) is 3.16. The quantitative estimate of drug-likeness (QED) is 0.872. The molecule has 0 bridgehead atoms. The average Bonchev–Trinajstić information content (AvgIpc) is 2.78. The van der Waals surface area contributed by atoms with Gasteiger partial charge in [-0.1, -0.05) is 12.1 Å². The van der Waals surface area contributed by atoms with Crippen LogP contribution in [0.15, 0.2) is 18.2 Å². The van der Waals surface area contributed by atoms with E-state index in [4.69, 9.17) is 9.84 Å². The SMILES string of the molecule is CC(C)(C)OC(=O)N1CCc2cc(C(O)C(=O)O)ccc21. The molecule has 1 amide bonds. The highest BCUT2D eigenvalue weighted by Gasteiger charge is 2.29. The molecule has 21 heavy (non-hydrogen) atoms. The molecule has 1 atom stereocenters. The molecule has 0 aliphatic carbocycles. The summed E-state index contributed by atoms with van der Waals surface area (Å²) in [5.41, 5.74) is 1.27. The van der Waals surface area contributed by atoms with Gasteiger partial charge in [0.15, 0.2) is 6.10 Å². The molecular formula is C15H19NO5. The molecule has 1 aliphatic heterocycles. The van der Waals surface area contributed by atoms with Crippen LogP contribution in [0.3, 0.4) is 0 Å². The molecule has 6 heteroatoms. The first-order valence-corrected chi connectivity index (χ1v) is 6.73. The van der Waals surface area contributed by atoms with Crippen LogP contribution in [0.1, 0.15) is 38.0 Å². The molecule has 1 aliphatic rings. The van der Waals surface area contributed by atoms with Crippen molar-refractivity contribution in [2.75, 3.05) is 11.4 Å². The van der Waals surface area contributed by atoms with E-state index in [1.165, 1.54) is 11.0 Å². The highest BCUT2D eigenvalue weighted by molar-refractivity contribution is 5.90. The third kappa shape index (κ3) is 3.33. The number of ether oxygens (including phenoxy) is 1. The van der Waals surface area contributed by atoms with Crippen LogP contribution in [0.4, 0.5) is 10.5 Å². The molecule has 0 aromatic heterocycles. The van der Waals surface area contributed by atoms with Crippen LogP contribution in [0.2, 0.25) is 0 Å². The van der Waals surface area contributed by atoms with Crippen molar-refractivity contribution >= 4 is 17.7 Å². The first kappa shape index (κ1) is 15.3. The summed E-state index contributed by atoms with van der Waals surface area (Å²) >= 11 is 0. The van der Waals surface area contributed by atoms with Crippen molar-refractivity contribution < 1.29 is 24.5 Å². The van der Waals surface area contributed by atoms with E-state index in [1.807, 2.05) is 0 Å². The van der Waals surface area contributed by atoms with E-state index in [1.54, 1.807) is 32.9 Å². The largest absolute Gasteiger partial charge is 0.479 e. The highest BCUT2D eigenvalue weighted by atomic mass is 16.6. The van der Waals surface area contributed by atoms with E-state index in [2.05, 4.69) is 0 Å². The van der Waals surface area contributed by atoms with Crippen LogP contribution >= 0.6 is 0 Å². The van der Waals surface area contributed by atoms with Gasteiger partial charge in [-0.05, 0) is 44.4 Å². The van der Waals surface area contributed by atoms with E-state index >= 15 is 0 Å². The van der Waals surface area contributed by atoms with Gasteiger partial charge in [0.2, 0.25) is 0 Å². The molecule has 1 aromatic rings. The van der Waals surface area contributed by atoms with Crippen molar-refractivity contribution in [1.29, 1.82) is 0 Å². The molecule has 2 N–H and O–H groups in total. The van der Waals surface area contributed by atoms with Gasteiger partial charge < -0.3 is 14.9 Å². The van der Waals surface area contributed by atoms with Gasteiger partial charge in [0.1, 0.15) is 5.60 Å². The maximum absolute atomic E-state index is 12.1. The van der Waals surface area contributed by atoms with Crippen LogP contribution in [0.25, 0.3) is 0 Å². The minimum Gasteiger partial charge on any atom is -0.479 e. The van der Waals surface area contributed by atoms with E-state index < -0.39 is 23.8 Å². The molecule has 0 saturated carbocycles. The van der Waals surface area contributed by atoms with Crippen molar-refractivity contribution in [3.8, 4) is 0 Å². The van der Waals surface area contributed by atoms with Gasteiger partial charge in [-0.25, -0.2) is 9.59 Å². The molecule has 0 fully saturated rings. The van der Waals surface area contributed by atoms with Gasteiger partial charge in [-0.2, -0.15) is 0 Å². The van der Waals surface area contributed by atoms with Gasteiger partial charge >= 0.3 is 12.1 Å². The number of amides is 1. The first-order valence-electron chi connectivity index (χ1n) is 6.73. The van der Waals surface area contributed by atoms with Crippen molar-refractivity contribution in [2.24, 2.45) is 0 Å². The van der Waals surface area contributed by atoms with Crippen LogP contribution < -0.4 is 4.90 Å². The number of benzene rings is 1. The van der Waals surface area contributed by atoms with Crippen molar-refractivity contribution in [3.63, 3.8) is 0 Å². The zero-order valence-corrected chi connectivity index (χ0v) is 12.3. The minimum atomic E-state index is -1.55. The lowest BCUT2D eigenvalue weighted by molar-refractivity contribution is -0.146. The van der Waals surface area contributed by atoms with Crippen LogP contribution in [-0.2, 0) is 16.0 Å². The number of rotatable bonds is 2. The molecule has 0 radical (unpaired) electrons. The fraction of sp³-hybridized carbons (Fsp3) is 0.467. The molecule has 6 nitrogen and oxygen atoms in total. The molecule has 0 saturated heterocycles. The number of nitrogens with zero attached hydrogens (tertiary/aromatic N) is 1. The van der Waals surface area contributed by atoms with E-state index in [9.17, 15) is 14.7 Å².